The normalized spacial score (nSPS) is 11.7. The van der Waals surface area contributed by atoms with Crippen LogP contribution >= 0.6 is 22.9 Å². The molecule has 128 valence electrons. The molecule has 1 N–H and O–H groups in total. The van der Waals surface area contributed by atoms with Crippen molar-refractivity contribution < 1.29 is 10.0 Å². The van der Waals surface area contributed by atoms with Gasteiger partial charge in [-0.25, -0.2) is 0 Å². The van der Waals surface area contributed by atoms with Gasteiger partial charge in [0.2, 0.25) is 0 Å². The summed E-state index contributed by atoms with van der Waals surface area (Å²) in [7, 11) is 0. The van der Waals surface area contributed by atoms with Crippen molar-refractivity contribution in [3.8, 4) is 6.07 Å². The number of nitriles is 1. The molecule has 0 saturated heterocycles. The van der Waals surface area contributed by atoms with E-state index in [9.17, 15) is 25.3 Å². The molecule has 3 aromatic rings. The number of fused-ring (bicyclic) bond motifs is 1. The van der Waals surface area contributed by atoms with Crippen LogP contribution < -0.4 is 5.56 Å². The Morgan fingerprint density at radius 1 is 1.31 bits per heavy atom. The van der Waals surface area contributed by atoms with Gasteiger partial charge in [-0.15, -0.1) is 11.3 Å². The smallest absolute Gasteiger partial charge is 0.288 e. The molecule has 7 nitrogen and oxygen atoms in total. The third kappa shape index (κ3) is 3.13. The van der Waals surface area contributed by atoms with Crippen LogP contribution in [0.3, 0.4) is 0 Å². The number of allylic oxidation sites excluding steroid dienone is 1. The van der Waals surface area contributed by atoms with E-state index in [0.717, 1.165) is 17.4 Å². The lowest BCUT2D eigenvalue weighted by molar-refractivity contribution is -0.384. The van der Waals surface area contributed by atoms with Crippen LogP contribution in [0.25, 0.3) is 21.4 Å². The maximum Gasteiger partial charge on any atom is 0.288 e. The van der Waals surface area contributed by atoms with Gasteiger partial charge in [0.15, 0.2) is 0 Å². The van der Waals surface area contributed by atoms with Crippen LogP contribution in [0.2, 0.25) is 5.02 Å². The maximum atomic E-state index is 12.1. The number of hydrogen-bond donors (Lipinski definition) is 1. The van der Waals surface area contributed by atoms with E-state index in [1.165, 1.54) is 12.1 Å². The van der Waals surface area contributed by atoms with Crippen molar-refractivity contribution in [2.75, 3.05) is 0 Å². The van der Waals surface area contributed by atoms with Gasteiger partial charge in [0.25, 0.3) is 11.2 Å². The van der Waals surface area contributed by atoms with Gasteiger partial charge >= 0.3 is 0 Å². The molecule has 0 atom stereocenters. The summed E-state index contributed by atoms with van der Waals surface area (Å²) >= 11 is 6.82. The summed E-state index contributed by atoms with van der Waals surface area (Å²) in [6, 6.07) is 12.2. The van der Waals surface area contributed by atoms with Crippen LogP contribution in [-0.4, -0.2) is 15.0 Å². The fraction of sp³-hybridized carbons (Fsp3) is 0. The van der Waals surface area contributed by atoms with Gasteiger partial charge < -0.3 is 5.11 Å². The van der Waals surface area contributed by atoms with Gasteiger partial charge in [0.05, 0.1) is 10.3 Å². The van der Waals surface area contributed by atoms with Gasteiger partial charge in [0, 0.05) is 16.3 Å². The fourth-order valence-electron chi connectivity index (χ4n) is 2.26. The highest BCUT2D eigenvalue weighted by Crippen LogP contribution is 2.31. The number of hydrogen-bond acceptors (Lipinski definition) is 7. The SMILES string of the molecule is N#C/C(=C(/O)c1ccc(Cl)c([N+](=O)[O-])c1)c1nc(=O)c2ccccc2s1. The topological polar surface area (TPSA) is 117 Å². The average molecular weight is 386 g/mol. The second-order valence-electron chi connectivity index (χ2n) is 5.08. The monoisotopic (exact) mass is 385 g/mol. The predicted octanol–water partition coefficient (Wildman–Crippen LogP) is 4.17. The molecule has 0 unspecified atom stereocenters. The van der Waals surface area contributed by atoms with Gasteiger partial charge in [-0.3, -0.25) is 14.9 Å². The highest BCUT2D eigenvalue weighted by atomic mass is 35.5. The summed E-state index contributed by atoms with van der Waals surface area (Å²) in [4.78, 5) is 26.3. The fourth-order valence-corrected chi connectivity index (χ4v) is 3.44. The van der Waals surface area contributed by atoms with E-state index in [1.54, 1.807) is 24.3 Å². The summed E-state index contributed by atoms with van der Waals surface area (Å²) in [5.74, 6) is -0.523. The summed E-state index contributed by atoms with van der Waals surface area (Å²) in [5.41, 5.74) is -1.17. The molecule has 1 aromatic heterocycles. The number of aromatic nitrogens is 1. The Hall–Kier alpha value is -3.28. The van der Waals surface area contributed by atoms with E-state index >= 15 is 0 Å². The zero-order chi connectivity index (χ0) is 18.8. The molecule has 0 aliphatic carbocycles. The largest absolute Gasteiger partial charge is 0.506 e. The minimum Gasteiger partial charge on any atom is -0.506 e. The molecule has 1 heterocycles. The zero-order valence-corrected chi connectivity index (χ0v) is 14.4. The number of aliphatic hydroxyl groups excluding tert-OH is 1. The molecule has 0 spiro atoms. The third-order valence-electron chi connectivity index (χ3n) is 3.51. The van der Waals surface area contributed by atoms with Crippen LogP contribution in [-0.2, 0) is 0 Å². The molecule has 0 saturated carbocycles. The lowest BCUT2D eigenvalue weighted by atomic mass is 10.1. The van der Waals surface area contributed by atoms with E-state index in [-0.39, 0.29) is 21.2 Å². The Balaban J connectivity index is 2.22. The number of aliphatic hydroxyl groups is 1. The highest BCUT2D eigenvalue weighted by Gasteiger charge is 2.19. The predicted molar refractivity (Wildman–Crippen MR) is 99.1 cm³/mol. The Labute approximate surface area is 155 Å². The zero-order valence-electron chi connectivity index (χ0n) is 12.8. The first-order chi connectivity index (χ1) is 12.4. The van der Waals surface area contributed by atoms with Crippen molar-refractivity contribution in [1.29, 1.82) is 5.26 Å². The van der Waals surface area contributed by atoms with Crippen molar-refractivity contribution in [2.45, 2.75) is 0 Å². The molecule has 0 amide bonds. The molecular weight excluding hydrogens is 378 g/mol. The van der Waals surface area contributed by atoms with Crippen molar-refractivity contribution >= 4 is 50.0 Å². The number of nitro groups is 1. The Kier molecular flexibility index (Phi) is 4.67. The minimum atomic E-state index is -0.697. The number of rotatable bonds is 3. The van der Waals surface area contributed by atoms with Crippen LogP contribution in [0.1, 0.15) is 10.6 Å². The van der Waals surface area contributed by atoms with E-state index in [2.05, 4.69) is 4.98 Å². The van der Waals surface area contributed by atoms with Crippen molar-refractivity contribution in [3.63, 3.8) is 0 Å². The van der Waals surface area contributed by atoms with Crippen LogP contribution in [0, 0.1) is 21.4 Å². The number of halogens is 1. The van der Waals surface area contributed by atoms with Gasteiger partial charge in [-0.1, -0.05) is 23.7 Å². The molecule has 0 aliphatic rings. The molecule has 0 aliphatic heterocycles. The number of benzene rings is 2. The lowest BCUT2D eigenvalue weighted by Gasteiger charge is -2.05. The van der Waals surface area contributed by atoms with Gasteiger partial charge in [0.1, 0.15) is 27.4 Å². The van der Waals surface area contributed by atoms with Gasteiger partial charge in [-0.05, 0) is 24.3 Å². The highest BCUT2D eigenvalue weighted by molar-refractivity contribution is 7.19. The summed E-state index contributed by atoms with van der Waals surface area (Å²) in [6.45, 7) is 0. The third-order valence-corrected chi connectivity index (χ3v) is 4.89. The average Bonchev–Trinajstić information content (AvgIpc) is 2.62. The standard InChI is InChI=1S/C17H8ClN3O4S/c18-12-6-5-9(7-13(12)21(24)25)15(22)11(8-19)17-20-16(23)10-3-1-2-4-14(10)26-17/h1-7,22H/b15-11-. The van der Waals surface area contributed by atoms with Crippen LogP contribution in [0.15, 0.2) is 47.3 Å². The van der Waals surface area contributed by atoms with Crippen LogP contribution in [0.4, 0.5) is 5.69 Å². The number of nitro benzene ring substituents is 1. The first-order valence-corrected chi connectivity index (χ1v) is 8.29. The molecule has 9 heteroatoms. The van der Waals surface area contributed by atoms with E-state index in [0.29, 0.717) is 10.1 Å². The Bertz CT molecular complexity index is 1180. The summed E-state index contributed by atoms with van der Waals surface area (Å²) in [5, 5.41) is 31.2. The first kappa shape index (κ1) is 17.5. The first-order valence-electron chi connectivity index (χ1n) is 7.10. The summed E-state index contributed by atoms with van der Waals surface area (Å²) < 4.78 is 0.602. The molecule has 0 fully saturated rings. The number of nitrogens with zero attached hydrogens (tertiary/aromatic N) is 3. The lowest BCUT2D eigenvalue weighted by Crippen LogP contribution is -2.07. The van der Waals surface area contributed by atoms with Gasteiger partial charge in [-0.2, -0.15) is 10.2 Å². The minimum absolute atomic E-state index is 0.0197. The van der Waals surface area contributed by atoms with Crippen molar-refractivity contribution in [3.05, 3.63) is 78.5 Å². The molecular formula is C17H8ClN3O4S. The van der Waals surface area contributed by atoms with E-state index in [4.69, 9.17) is 11.6 Å². The Morgan fingerprint density at radius 2 is 2.04 bits per heavy atom. The molecule has 2 aromatic carbocycles. The quantitative estimate of drug-likeness (QED) is 0.313. The second-order valence-corrected chi connectivity index (χ2v) is 6.52. The molecule has 0 bridgehead atoms. The van der Waals surface area contributed by atoms with Crippen molar-refractivity contribution in [2.24, 2.45) is 0 Å². The summed E-state index contributed by atoms with van der Waals surface area (Å²) in [6.07, 6.45) is 0. The Morgan fingerprint density at radius 3 is 2.73 bits per heavy atom. The van der Waals surface area contributed by atoms with E-state index in [1.807, 2.05) is 6.07 Å². The molecule has 26 heavy (non-hydrogen) atoms. The van der Waals surface area contributed by atoms with Crippen LogP contribution in [0.5, 0.6) is 0 Å². The second kappa shape index (κ2) is 6.92. The maximum absolute atomic E-state index is 12.1. The molecule has 3 rings (SSSR count). The van der Waals surface area contributed by atoms with E-state index < -0.39 is 21.9 Å². The molecule has 0 radical (unpaired) electrons. The van der Waals surface area contributed by atoms with Crippen molar-refractivity contribution in [1.82, 2.24) is 4.98 Å².